The summed E-state index contributed by atoms with van der Waals surface area (Å²) < 4.78 is 5.12. The van der Waals surface area contributed by atoms with Crippen molar-refractivity contribution >= 4 is 11.5 Å². The van der Waals surface area contributed by atoms with E-state index < -0.39 is 0 Å². The van der Waals surface area contributed by atoms with Crippen molar-refractivity contribution in [3.05, 3.63) is 35.7 Å². The number of nitrogens with zero attached hydrogens (tertiary/aromatic N) is 2. The highest BCUT2D eigenvalue weighted by Gasteiger charge is 2.35. The molecule has 1 aromatic heterocycles. The Morgan fingerprint density at radius 3 is 2.91 bits per heavy atom. The van der Waals surface area contributed by atoms with Crippen LogP contribution >= 0.6 is 0 Å². The molecule has 0 saturated carbocycles. The van der Waals surface area contributed by atoms with Crippen molar-refractivity contribution in [3.8, 4) is 11.3 Å². The number of aromatic nitrogens is 2. The summed E-state index contributed by atoms with van der Waals surface area (Å²) in [5, 5.41) is 3.46. The molecule has 0 fully saturated rings. The first-order valence-electron chi connectivity index (χ1n) is 7.50. The molecule has 22 heavy (non-hydrogen) atoms. The van der Waals surface area contributed by atoms with Crippen molar-refractivity contribution < 1.29 is 4.74 Å². The van der Waals surface area contributed by atoms with Crippen molar-refractivity contribution in [2.45, 2.75) is 25.7 Å². The summed E-state index contributed by atoms with van der Waals surface area (Å²) in [6, 6.07) is 6.27. The van der Waals surface area contributed by atoms with Gasteiger partial charge in [0, 0.05) is 30.5 Å². The van der Waals surface area contributed by atoms with Crippen LogP contribution in [0.3, 0.4) is 0 Å². The molecule has 1 heterocycles. The fourth-order valence-corrected chi connectivity index (χ4v) is 3.25. The van der Waals surface area contributed by atoms with E-state index in [1.807, 2.05) is 6.07 Å². The highest BCUT2D eigenvalue weighted by Crippen LogP contribution is 2.45. The van der Waals surface area contributed by atoms with Crippen LogP contribution in [0.4, 0.5) is 11.5 Å². The molecule has 1 aliphatic carbocycles. The van der Waals surface area contributed by atoms with Gasteiger partial charge in [-0.1, -0.05) is 26.0 Å². The third-order valence-electron chi connectivity index (χ3n) is 4.22. The van der Waals surface area contributed by atoms with Crippen LogP contribution in [0.5, 0.6) is 0 Å². The molecule has 0 unspecified atom stereocenters. The number of hydrogen-bond donors (Lipinski definition) is 2. The van der Waals surface area contributed by atoms with Gasteiger partial charge in [-0.15, -0.1) is 0 Å². The molecule has 0 atom stereocenters. The van der Waals surface area contributed by atoms with Gasteiger partial charge < -0.3 is 15.8 Å². The zero-order valence-electron chi connectivity index (χ0n) is 13.3. The third kappa shape index (κ3) is 2.41. The molecule has 1 aromatic carbocycles. The Morgan fingerprint density at radius 1 is 1.32 bits per heavy atom. The summed E-state index contributed by atoms with van der Waals surface area (Å²) in [7, 11) is 1.71. The fraction of sp³-hybridized carbons (Fsp3) is 0.412. The van der Waals surface area contributed by atoms with Gasteiger partial charge in [0.15, 0.2) is 0 Å². The molecule has 0 bridgehead atoms. The maximum absolute atomic E-state index is 6.13. The molecule has 3 N–H and O–H groups in total. The Morgan fingerprint density at radius 2 is 2.14 bits per heavy atom. The van der Waals surface area contributed by atoms with Crippen LogP contribution in [0.25, 0.3) is 11.3 Å². The number of nitrogen functional groups attached to an aromatic ring is 1. The lowest BCUT2D eigenvalue weighted by atomic mass is 9.71. The molecule has 0 saturated heterocycles. The van der Waals surface area contributed by atoms with Crippen LogP contribution in [-0.2, 0) is 16.6 Å². The van der Waals surface area contributed by atoms with E-state index in [1.165, 1.54) is 5.56 Å². The second-order valence-electron chi connectivity index (χ2n) is 6.29. The van der Waals surface area contributed by atoms with Gasteiger partial charge in [-0.05, 0) is 23.5 Å². The topological polar surface area (TPSA) is 73.1 Å². The minimum Gasteiger partial charge on any atom is -0.383 e. The normalized spacial score (nSPS) is 15.0. The molecule has 0 spiro atoms. The predicted octanol–water partition coefficient (Wildman–Crippen LogP) is 2.62. The first-order chi connectivity index (χ1) is 10.5. The SMILES string of the molecule is COCCNc1cccc2c1CC(C)(C)c1c(N)ncnc1-2. The highest BCUT2D eigenvalue weighted by molar-refractivity contribution is 5.79. The molecule has 116 valence electrons. The van der Waals surface area contributed by atoms with E-state index in [9.17, 15) is 0 Å². The van der Waals surface area contributed by atoms with Gasteiger partial charge in [0.1, 0.15) is 12.1 Å². The largest absolute Gasteiger partial charge is 0.383 e. The number of nitrogens with one attached hydrogen (secondary N) is 1. The van der Waals surface area contributed by atoms with E-state index in [1.54, 1.807) is 13.4 Å². The van der Waals surface area contributed by atoms with E-state index in [-0.39, 0.29) is 5.41 Å². The first kappa shape index (κ1) is 14.8. The quantitative estimate of drug-likeness (QED) is 0.849. The zero-order valence-corrected chi connectivity index (χ0v) is 13.3. The number of benzene rings is 1. The zero-order chi connectivity index (χ0) is 15.7. The van der Waals surface area contributed by atoms with Crippen LogP contribution < -0.4 is 11.1 Å². The average Bonchev–Trinajstić information content (AvgIpc) is 2.47. The smallest absolute Gasteiger partial charge is 0.131 e. The van der Waals surface area contributed by atoms with Crippen molar-refractivity contribution in [3.63, 3.8) is 0 Å². The van der Waals surface area contributed by atoms with E-state index in [0.717, 1.165) is 35.5 Å². The summed E-state index contributed by atoms with van der Waals surface area (Å²) in [5.41, 5.74) is 11.6. The maximum atomic E-state index is 6.13. The van der Waals surface area contributed by atoms with Crippen LogP contribution in [0.2, 0.25) is 0 Å². The number of nitrogens with two attached hydrogens (primary N) is 1. The fourth-order valence-electron chi connectivity index (χ4n) is 3.25. The monoisotopic (exact) mass is 298 g/mol. The molecule has 3 rings (SSSR count). The second-order valence-corrected chi connectivity index (χ2v) is 6.29. The maximum Gasteiger partial charge on any atom is 0.131 e. The summed E-state index contributed by atoms with van der Waals surface area (Å²) >= 11 is 0. The number of methoxy groups -OCH3 is 1. The molecule has 0 radical (unpaired) electrons. The molecule has 5 nitrogen and oxygen atoms in total. The number of ether oxygens (including phenoxy) is 1. The molecule has 5 heteroatoms. The van der Waals surface area contributed by atoms with Crippen LogP contribution in [0.15, 0.2) is 24.5 Å². The van der Waals surface area contributed by atoms with E-state index in [4.69, 9.17) is 10.5 Å². The molecule has 0 amide bonds. The molecule has 2 aromatic rings. The van der Waals surface area contributed by atoms with Gasteiger partial charge in [-0.3, -0.25) is 0 Å². The molecular formula is C17H22N4O. The Kier molecular flexibility index (Phi) is 3.74. The van der Waals surface area contributed by atoms with Gasteiger partial charge in [-0.2, -0.15) is 0 Å². The summed E-state index contributed by atoms with van der Waals surface area (Å²) in [4.78, 5) is 8.69. The van der Waals surface area contributed by atoms with E-state index in [0.29, 0.717) is 12.4 Å². The third-order valence-corrected chi connectivity index (χ3v) is 4.22. The Labute approximate surface area is 130 Å². The van der Waals surface area contributed by atoms with Crippen molar-refractivity contribution in [2.24, 2.45) is 0 Å². The number of rotatable bonds is 4. The standard InChI is InChI=1S/C17H22N4O/c1-17(2)9-12-11(15-14(17)16(18)21-10-20-15)5-4-6-13(12)19-7-8-22-3/h4-6,10,19H,7-9H2,1-3H3,(H2,18,20,21). The van der Waals surface area contributed by atoms with Gasteiger partial charge in [-0.25, -0.2) is 9.97 Å². The Hall–Kier alpha value is -2.14. The summed E-state index contributed by atoms with van der Waals surface area (Å²) in [5.74, 6) is 0.582. The molecular weight excluding hydrogens is 276 g/mol. The van der Waals surface area contributed by atoms with Crippen LogP contribution in [0.1, 0.15) is 25.0 Å². The van der Waals surface area contributed by atoms with E-state index in [2.05, 4.69) is 41.3 Å². The predicted molar refractivity (Wildman–Crippen MR) is 89.0 cm³/mol. The minimum absolute atomic E-state index is 0.0906. The van der Waals surface area contributed by atoms with Crippen LogP contribution in [0, 0.1) is 0 Å². The number of hydrogen-bond acceptors (Lipinski definition) is 5. The Balaban J connectivity index is 2.11. The van der Waals surface area contributed by atoms with Crippen molar-refractivity contribution in [1.82, 2.24) is 9.97 Å². The number of fused-ring (bicyclic) bond motifs is 3. The summed E-state index contributed by atoms with van der Waals surface area (Å²) in [6.07, 6.45) is 2.45. The number of anilines is 2. The van der Waals surface area contributed by atoms with Gasteiger partial charge >= 0.3 is 0 Å². The molecule has 1 aliphatic rings. The van der Waals surface area contributed by atoms with Crippen LogP contribution in [-0.4, -0.2) is 30.2 Å². The summed E-state index contributed by atoms with van der Waals surface area (Å²) in [6.45, 7) is 5.85. The van der Waals surface area contributed by atoms with Gasteiger partial charge in [0.2, 0.25) is 0 Å². The molecule has 0 aliphatic heterocycles. The average molecular weight is 298 g/mol. The van der Waals surface area contributed by atoms with Gasteiger partial charge in [0.25, 0.3) is 0 Å². The second kappa shape index (κ2) is 5.57. The van der Waals surface area contributed by atoms with E-state index >= 15 is 0 Å². The minimum atomic E-state index is -0.0906. The lowest BCUT2D eigenvalue weighted by Gasteiger charge is -2.34. The lowest BCUT2D eigenvalue weighted by Crippen LogP contribution is -2.29. The van der Waals surface area contributed by atoms with Crippen molar-refractivity contribution in [1.29, 1.82) is 0 Å². The lowest BCUT2D eigenvalue weighted by molar-refractivity contribution is 0.210. The van der Waals surface area contributed by atoms with Gasteiger partial charge in [0.05, 0.1) is 12.3 Å². The highest BCUT2D eigenvalue weighted by atomic mass is 16.5. The Bertz CT molecular complexity index is 697. The first-order valence-corrected chi connectivity index (χ1v) is 7.50. The van der Waals surface area contributed by atoms with Crippen molar-refractivity contribution in [2.75, 3.05) is 31.3 Å².